The van der Waals surface area contributed by atoms with Gasteiger partial charge >= 0.3 is 0 Å². The van der Waals surface area contributed by atoms with Gasteiger partial charge in [-0.25, -0.2) is 0 Å². The minimum absolute atomic E-state index is 0.0467. The van der Waals surface area contributed by atoms with Gasteiger partial charge in [0.2, 0.25) is 11.7 Å². The molecule has 1 heterocycles. The molecule has 2 aromatic rings. The molecule has 1 aliphatic carbocycles. The molecule has 1 aliphatic rings. The average molecular weight is 302 g/mol. The zero-order valence-electron chi connectivity index (χ0n) is 12.6. The predicted molar refractivity (Wildman–Crippen MR) is 80.0 cm³/mol. The van der Waals surface area contributed by atoms with Gasteiger partial charge in [0.15, 0.2) is 0 Å². The standard InChI is InChI=1S/C15H18N4O3/c1-10(11-3-4-11)18(2)9-14-16-15(17-22-14)12-5-7-13(8-6-12)19(20)21/h5-8,10-11H,3-4,9H2,1-2H3/t10-/m1/s1. The summed E-state index contributed by atoms with van der Waals surface area (Å²) in [5, 5.41) is 14.6. The van der Waals surface area contributed by atoms with E-state index in [1.54, 1.807) is 12.1 Å². The van der Waals surface area contributed by atoms with E-state index in [1.165, 1.54) is 25.0 Å². The Kier molecular flexibility index (Phi) is 3.89. The lowest BCUT2D eigenvalue weighted by atomic mass is 10.2. The fourth-order valence-corrected chi connectivity index (χ4v) is 2.46. The summed E-state index contributed by atoms with van der Waals surface area (Å²) < 4.78 is 5.28. The van der Waals surface area contributed by atoms with Crippen molar-refractivity contribution in [2.24, 2.45) is 5.92 Å². The second-order valence-corrected chi connectivity index (χ2v) is 5.81. The van der Waals surface area contributed by atoms with Crippen LogP contribution in [0.5, 0.6) is 0 Å². The topological polar surface area (TPSA) is 85.3 Å². The van der Waals surface area contributed by atoms with Crippen molar-refractivity contribution in [2.45, 2.75) is 32.4 Å². The van der Waals surface area contributed by atoms with E-state index in [0.717, 1.165) is 5.92 Å². The van der Waals surface area contributed by atoms with Gasteiger partial charge in [0, 0.05) is 23.7 Å². The summed E-state index contributed by atoms with van der Waals surface area (Å²) in [5.74, 6) is 1.79. The Hall–Kier alpha value is -2.28. The molecule has 0 amide bonds. The lowest BCUT2D eigenvalue weighted by Crippen LogP contribution is -2.30. The lowest BCUT2D eigenvalue weighted by molar-refractivity contribution is -0.384. The lowest BCUT2D eigenvalue weighted by Gasteiger charge is -2.22. The molecule has 3 rings (SSSR count). The van der Waals surface area contributed by atoms with Crippen LogP contribution in [-0.2, 0) is 6.54 Å². The van der Waals surface area contributed by atoms with Crippen molar-refractivity contribution in [3.05, 3.63) is 40.3 Å². The molecule has 0 aliphatic heterocycles. The molecule has 0 saturated heterocycles. The Morgan fingerprint density at radius 2 is 2.09 bits per heavy atom. The predicted octanol–water partition coefficient (Wildman–Crippen LogP) is 2.88. The highest BCUT2D eigenvalue weighted by Gasteiger charge is 2.31. The van der Waals surface area contributed by atoms with Gasteiger partial charge < -0.3 is 4.52 Å². The van der Waals surface area contributed by atoms with Crippen LogP contribution < -0.4 is 0 Å². The normalized spacial score (nSPS) is 16.0. The zero-order chi connectivity index (χ0) is 15.7. The van der Waals surface area contributed by atoms with Crippen molar-refractivity contribution >= 4 is 5.69 Å². The molecule has 0 bridgehead atoms. The largest absolute Gasteiger partial charge is 0.338 e. The van der Waals surface area contributed by atoms with E-state index in [-0.39, 0.29) is 5.69 Å². The highest BCUT2D eigenvalue weighted by molar-refractivity contribution is 5.56. The van der Waals surface area contributed by atoms with E-state index in [4.69, 9.17) is 4.52 Å². The van der Waals surface area contributed by atoms with Crippen LogP contribution in [0, 0.1) is 16.0 Å². The smallest absolute Gasteiger partial charge is 0.269 e. The summed E-state index contributed by atoms with van der Waals surface area (Å²) in [6.45, 7) is 2.82. The summed E-state index contributed by atoms with van der Waals surface area (Å²) in [5.41, 5.74) is 0.754. The third kappa shape index (κ3) is 3.14. The van der Waals surface area contributed by atoms with Crippen LogP contribution in [0.15, 0.2) is 28.8 Å². The van der Waals surface area contributed by atoms with Crippen LogP contribution in [-0.4, -0.2) is 33.1 Å². The third-order valence-corrected chi connectivity index (χ3v) is 4.19. The molecule has 0 spiro atoms. The maximum absolute atomic E-state index is 10.6. The number of rotatable bonds is 6. The Morgan fingerprint density at radius 3 is 2.68 bits per heavy atom. The summed E-state index contributed by atoms with van der Waals surface area (Å²) >= 11 is 0. The molecule has 1 atom stereocenters. The molecular weight excluding hydrogens is 284 g/mol. The SMILES string of the molecule is C[C@H](C1CC1)N(C)Cc1nc(-c2ccc([N+](=O)[O-])cc2)no1. The first-order chi connectivity index (χ1) is 10.5. The van der Waals surface area contributed by atoms with Crippen LogP contribution in [0.4, 0.5) is 5.69 Å². The molecule has 0 radical (unpaired) electrons. The molecular formula is C15H18N4O3. The quantitative estimate of drug-likeness (QED) is 0.602. The van der Waals surface area contributed by atoms with Gasteiger partial charge in [0.1, 0.15) is 0 Å². The summed E-state index contributed by atoms with van der Waals surface area (Å²) in [6, 6.07) is 6.64. The first kappa shape index (κ1) is 14.6. The Bertz CT molecular complexity index is 664. The highest BCUT2D eigenvalue weighted by Crippen LogP contribution is 2.35. The maximum atomic E-state index is 10.6. The molecule has 22 heavy (non-hydrogen) atoms. The molecule has 116 valence electrons. The number of nitrogens with zero attached hydrogens (tertiary/aromatic N) is 4. The van der Waals surface area contributed by atoms with Gasteiger partial charge in [-0.15, -0.1) is 0 Å². The van der Waals surface area contributed by atoms with Crippen molar-refractivity contribution in [1.82, 2.24) is 15.0 Å². The molecule has 1 aromatic carbocycles. The molecule has 1 fully saturated rings. The number of benzene rings is 1. The van der Waals surface area contributed by atoms with Crippen molar-refractivity contribution < 1.29 is 9.45 Å². The summed E-state index contributed by atoms with van der Waals surface area (Å²) in [4.78, 5) is 16.8. The van der Waals surface area contributed by atoms with Crippen LogP contribution >= 0.6 is 0 Å². The van der Waals surface area contributed by atoms with E-state index < -0.39 is 4.92 Å². The second-order valence-electron chi connectivity index (χ2n) is 5.81. The Morgan fingerprint density at radius 1 is 1.41 bits per heavy atom. The first-order valence-corrected chi connectivity index (χ1v) is 7.32. The highest BCUT2D eigenvalue weighted by atomic mass is 16.6. The van der Waals surface area contributed by atoms with E-state index in [9.17, 15) is 10.1 Å². The Balaban J connectivity index is 1.68. The van der Waals surface area contributed by atoms with Crippen molar-refractivity contribution in [3.63, 3.8) is 0 Å². The summed E-state index contributed by atoms with van der Waals surface area (Å²) in [6.07, 6.45) is 2.59. The number of hydrogen-bond donors (Lipinski definition) is 0. The van der Waals surface area contributed by atoms with Gasteiger partial charge in [-0.1, -0.05) is 5.16 Å². The molecule has 1 saturated carbocycles. The van der Waals surface area contributed by atoms with Gasteiger partial charge in [-0.2, -0.15) is 4.98 Å². The fraction of sp³-hybridized carbons (Fsp3) is 0.467. The van der Waals surface area contributed by atoms with E-state index in [0.29, 0.717) is 29.9 Å². The van der Waals surface area contributed by atoms with Crippen molar-refractivity contribution in [1.29, 1.82) is 0 Å². The molecule has 0 N–H and O–H groups in total. The number of non-ortho nitro benzene ring substituents is 1. The summed E-state index contributed by atoms with van der Waals surface area (Å²) in [7, 11) is 2.05. The van der Waals surface area contributed by atoms with Crippen LogP contribution in [0.25, 0.3) is 11.4 Å². The van der Waals surface area contributed by atoms with Crippen molar-refractivity contribution in [3.8, 4) is 11.4 Å². The van der Waals surface area contributed by atoms with Gasteiger partial charge in [0.25, 0.3) is 5.69 Å². The molecule has 1 aromatic heterocycles. The molecule has 0 unspecified atom stereocenters. The van der Waals surface area contributed by atoms with E-state index in [1.807, 2.05) is 0 Å². The molecule has 7 nitrogen and oxygen atoms in total. The molecule has 7 heteroatoms. The van der Waals surface area contributed by atoms with Crippen LogP contribution in [0.1, 0.15) is 25.7 Å². The first-order valence-electron chi connectivity index (χ1n) is 7.32. The number of nitro groups is 1. The number of nitro benzene ring substituents is 1. The number of aromatic nitrogens is 2. The Labute approximate surface area is 128 Å². The van der Waals surface area contributed by atoms with E-state index in [2.05, 4.69) is 29.0 Å². The third-order valence-electron chi connectivity index (χ3n) is 4.19. The zero-order valence-corrected chi connectivity index (χ0v) is 12.6. The van der Waals surface area contributed by atoms with E-state index >= 15 is 0 Å². The minimum Gasteiger partial charge on any atom is -0.338 e. The van der Waals surface area contributed by atoms with Crippen LogP contribution in [0.3, 0.4) is 0 Å². The van der Waals surface area contributed by atoms with Crippen LogP contribution in [0.2, 0.25) is 0 Å². The van der Waals surface area contributed by atoms with Gasteiger partial charge in [-0.05, 0) is 44.9 Å². The average Bonchev–Trinajstić information content (AvgIpc) is 3.26. The van der Waals surface area contributed by atoms with Gasteiger partial charge in [0.05, 0.1) is 11.5 Å². The minimum atomic E-state index is -0.431. The fourth-order valence-electron chi connectivity index (χ4n) is 2.46. The maximum Gasteiger partial charge on any atom is 0.269 e. The van der Waals surface area contributed by atoms with Crippen molar-refractivity contribution in [2.75, 3.05) is 7.05 Å². The second kappa shape index (κ2) is 5.84. The number of hydrogen-bond acceptors (Lipinski definition) is 6. The monoisotopic (exact) mass is 302 g/mol. The van der Waals surface area contributed by atoms with Gasteiger partial charge in [-0.3, -0.25) is 15.0 Å².